The van der Waals surface area contributed by atoms with E-state index in [0.717, 1.165) is 31.5 Å². The average Bonchev–Trinajstić information content (AvgIpc) is 2.81. The molecule has 1 fully saturated rings. The van der Waals surface area contributed by atoms with Crippen LogP contribution in [-0.2, 0) is 0 Å². The van der Waals surface area contributed by atoms with Gasteiger partial charge in [-0.3, -0.25) is 4.90 Å². The minimum absolute atomic E-state index is 0.290. The molecule has 2 N–H and O–H groups in total. The summed E-state index contributed by atoms with van der Waals surface area (Å²) in [5.41, 5.74) is 0. The van der Waals surface area contributed by atoms with Crippen molar-refractivity contribution in [3.8, 4) is 0 Å². The molecule has 0 aromatic carbocycles. The molecular weight excluding hydrogens is 224 g/mol. The maximum absolute atomic E-state index is 9.16. The van der Waals surface area contributed by atoms with Crippen LogP contribution in [0.4, 0.5) is 0 Å². The fourth-order valence-corrected chi connectivity index (χ4v) is 3.10. The molecule has 0 amide bonds. The monoisotopic (exact) mass is 256 g/mol. The molecule has 1 atom stereocenters. The number of aliphatic hydroxyl groups excluding tert-OH is 1. The molecule has 0 heterocycles. The van der Waals surface area contributed by atoms with Gasteiger partial charge in [0.1, 0.15) is 0 Å². The molecule has 0 spiro atoms. The van der Waals surface area contributed by atoms with E-state index in [4.69, 9.17) is 5.11 Å². The van der Waals surface area contributed by atoms with Gasteiger partial charge in [-0.2, -0.15) is 0 Å². The van der Waals surface area contributed by atoms with Crippen molar-refractivity contribution in [1.29, 1.82) is 0 Å². The zero-order valence-electron chi connectivity index (χ0n) is 12.5. The molecule has 0 bridgehead atoms. The number of hydrogen-bond donors (Lipinski definition) is 2. The Kier molecular flexibility index (Phi) is 7.87. The minimum Gasteiger partial charge on any atom is -0.396 e. The SMILES string of the molecule is CCNC(CCO)CN(CC(C)C)C1CCCC1. The van der Waals surface area contributed by atoms with Gasteiger partial charge in [0.05, 0.1) is 0 Å². The number of aliphatic hydroxyl groups is 1. The summed E-state index contributed by atoms with van der Waals surface area (Å²) < 4.78 is 0. The van der Waals surface area contributed by atoms with E-state index in [9.17, 15) is 0 Å². The van der Waals surface area contributed by atoms with Gasteiger partial charge in [-0.15, -0.1) is 0 Å². The van der Waals surface area contributed by atoms with E-state index < -0.39 is 0 Å². The summed E-state index contributed by atoms with van der Waals surface area (Å²) in [4.78, 5) is 2.67. The van der Waals surface area contributed by atoms with Crippen LogP contribution in [0.25, 0.3) is 0 Å². The molecular formula is C15H32N2O. The third-order valence-electron chi connectivity index (χ3n) is 3.87. The summed E-state index contributed by atoms with van der Waals surface area (Å²) in [6.07, 6.45) is 6.39. The Hall–Kier alpha value is -0.120. The Bertz CT molecular complexity index is 197. The second-order valence-electron chi connectivity index (χ2n) is 6.05. The van der Waals surface area contributed by atoms with Crippen molar-refractivity contribution in [3.05, 3.63) is 0 Å². The Balaban J connectivity index is 2.51. The van der Waals surface area contributed by atoms with E-state index in [0.29, 0.717) is 6.04 Å². The topological polar surface area (TPSA) is 35.5 Å². The van der Waals surface area contributed by atoms with Crippen molar-refractivity contribution >= 4 is 0 Å². The predicted octanol–water partition coefficient (Wildman–Crippen LogP) is 2.25. The van der Waals surface area contributed by atoms with Gasteiger partial charge in [-0.1, -0.05) is 33.6 Å². The first-order chi connectivity index (χ1) is 8.67. The average molecular weight is 256 g/mol. The molecule has 0 radical (unpaired) electrons. The molecule has 0 aromatic heterocycles. The van der Waals surface area contributed by atoms with Gasteiger partial charge in [0, 0.05) is 31.8 Å². The molecule has 3 nitrogen and oxygen atoms in total. The molecule has 1 unspecified atom stereocenters. The summed E-state index contributed by atoms with van der Waals surface area (Å²) >= 11 is 0. The highest BCUT2D eigenvalue weighted by Gasteiger charge is 2.25. The maximum Gasteiger partial charge on any atom is 0.0446 e. The van der Waals surface area contributed by atoms with Crippen LogP contribution in [0.3, 0.4) is 0 Å². The van der Waals surface area contributed by atoms with Gasteiger partial charge in [0.25, 0.3) is 0 Å². The van der Waals surface area contributed by atoms with Crippen molar-refractivity contribution in [1.82, 2.24) is 10.2 Å². The number of likely N-dealkylation sites (N-methyl/N-ethyl adjacent to an activating group) is 1. The molecule has 0 aliphatic heterocycles. The van der Waals surface area contributed by atoms with Crippen LogP contribution in [-0.4, -0.2) is 48.3 Å². The molecule has 1 saturated carbocycles. The Morgan fingerprint density at radius 1 is 1.22 bits per heavy atom. The zero-order chi connectivity index (χ0) is 13.4. The first kappa shape index (κ1) is 15.9. The molecule has 1 aliphatic rings. The standard InChI is InChI=1S/C15H32N2O/c1-4-16-14(9-10-18)12-17(11-13(2)3)15-7-5-6-8-15/h13-16,18H,4-12H2,1-3H3. The van der Waals surface area contributed by atoms with Gasteiger partial charge in [0.15, 0.2) is 0 Å². The number of rotatable bonds is 9. The normalized spacial score (nSPS) is 19.0. The molecule has 0 aromatic rings. The first-order valence-corrected chi connectivity index (χ1v) is 7.75. The van der Waals surface area contributed by atoms with Gasteiger partial charge in [-0.25, -0.2) is 0 Å². The molecule has 108 valence electrons. The minimum atomic E-state index is 0.290. The van der Waals surface area contributed by atoms with E-state index in [1.54, 1.807) is 0 Å². The molecule has 1 rings (SSSR count). The molecule has 1 aliphatic carbocycles. The highest BCUT2D eigenvalue weighted by molar-refractivity contribution is 4.82. The van der Waals surface area contributed by atoms with Gasteiger partial charge in [-0.05, 0) is 31.7 Å². The largest absolute Gasteiger partial charge is 0.396 e. The lowest BCUT2D eigenvalue weighted by atomic mass is 10.1. The molecule has 3 heteroatoms. The highest BCUT2D eigenvalue weighted by atomic mass is 16.3. The number of hydrogen-bond acceptors (Lipinski definition) is 3. The van der Waals surface area contributed by atoms with Crippen LogP contribution in [0.15, 0.2) is 0 Å². The van der Waals surface area contributed by atoms with E-state index in [2.05, 4.69) is 31.0 Å². The molecule has 0 saturated heterocycles. The Morgan fingerprint density at radius 3 is 2.39 bits per heavy atom. The lowest BCUT2D eigenvalue weighted by Crippen LogP contribution is -2.46. The van der Waals surface area contributed by atoms with E-state index in [-0.39, 0.29) is 6.61 Å². The van der Waals surface area contributed by atoms with Crippen LogP contribution in [0.1, 0.15) is 52.9 Å². The van der Waals surface area contributed by atoms with Crippen molar-refractivity contribution < 1.29 is 5.11 Å². The predicted molar refractivity (Wildman–Crippen MR) is 77.8 cm³/mol. The Labute approximate surface area is 113 Å². The fourth-order valence-electron chi connectivity index (χ4n) is 3.10. The van der Waals surface area contributed by atoms with Crippen LogP contribution in [0, 0.1) is 5.92 Å². The number of nitrogens with zero attached hydrogens (tertiary/aromatic N) is 1. The third-order valence-corrected chi connectivity index (χ3v) is 3.87. The van der Waals surface area contributed by atoms with Crippen molar-refractivity contribution in [2.75, 3.05) is 26.2 Å². The lowest BCUT2D eigenvalue weighted by Gasteiger charge is -2.34. The smallest absolute Gasteiger partial charge is 0.0446 e. The quantitative estimate of drug-likeness (QED) is 0.664. The number of nitrogens with one attached hydrogen (secondary N) is 1. The van der Waals surface area contributed by atoms with Gasteiger partial charge in [0.2, 0.25) is 0 Å². The van der Waals surface area contributed by atoms with E-state index in [1.807, 2.05) is 0 Å². The summed E-state index contributed by atoms with van der Waals surface area (Å²) in [5, 5.41) is 12.7. The summed E-state index contributed by atoms with van der Waals surface area (Å²) in [5.74, 6) is 0.724. The maximum atomic E-state index is 9.16. The summed E-state index contributed by atoms with van der Waals surface area (Å²) in [6, 6.07) is 1.23. The van der Waals surface area contributed by atoms with Gasteiger partial charge >= 0.3 is 0 Å². The highest BCUT2D eigenvalue weighted by Crippen LogP contribution is 2.24. The molecule has 18 heavy (non-hydrogen) atoms. The van der Waals surface area contributed by atoms with Crippen LogP contribution >= 0.6 is 0 Å². The third kappa shape index (κ3) is 5.68. The van der Waals surface area contributed by atoms with Crippen molar-refractivity contribution in [3.63, 3.8) is 0 Å². The fraction of sp³-hybridized carbons (Fsp3) is 1.00. The van der Waals surface area contributed by atoms with Crippen molar-refractivity contribution in [2.45, 2.75) is 65.0 Å². The lowest BCUT2D eigenvalue weighted by molar-refractivity contribution is 0.147. The van der Waals surface area contributed by atoms with Crippen molar-refractivity contribution in [2.24, 2.45) is 5.92 Å². The summed E-state index contributed by atoms with van der Waals surface area (Å²) in [6.45, 7) is 10.3. The van der Waals surface area contributed by atoms with Gasteiger partial charge < -0.3 is 10.4 Å². The first-order valence-electron chi connectivity index (χ1n) is 7.75. The Morgan fingerprint density at radius 2 is 1.89 bits per heavy atom. The second kappa shape index (κ2) is 8.89. The van der Waals surface area contributed by atoms with Crippen LogP contribution in [0.5, 0.6) is 0 Å². The zero-order valence-corrected chi connectivity index (χ0v) is 12.5. The summed E-state index contributed by atoms with van der Waals surface area (Å²) in [7, 11) is 0. The van der Waals surface area contributed by atoms with Crippen LogP contribution in [0.2, 0.25) is 0 Å². The van der Waals surface area contributed by atoms with E-state index >= 15 is 0 Å². The van der Waals surface area contributed by atoms with E-state index in [1.165, 1.54) is 32.2 Å². The second-order valence-corrected chi connectivity index (χ2v) is 6.05. The van der Waals surface area contributed by atoms with Crippen LogP contribution < -0.4 is 5.32 Å².